The summed E-state index contributed by atoms with van der Waals surface area (Å²) in [6, 6.07) is 0.338. The maximum absolute atomic E-state index is 6.65. The standard InChI is InChI=1S/C39H65NO/c1-12-16-19-34(15-4)29(7)30(8)37(28(6)24-39-32(10)31(9)38(41-39)21-18-14-3)23-22-27(5)36-25-35(20-17-13-2)33(11)40-26-36/h13,17,20,22,26,28-29,32-37,39H,2,8,12,14-16,18-19,21,23-25H2,1,3-7,9-11H3/b20-17-,27-22+/t28-,29?,32-,33-,34?,35?,36?,37+,39?/m0/s1. The minimum atomic E-state index is 0.291. The van der Waals surface area contributed by atoms with E-state index in [0.29, 0.717) is 47.7 Å². The number of ether oxygens (including phenoxy) is 1. The van der Waals surface area contributed by atoms with Crippen molar-refractivity contribution in [2.45, 2.75) is 139 Å². The largest absolute Gasteiger partial charge is 0.494 e. The molecule has 0 radical (unpaired) electrons. The summed E-state index contributed by atoms with van der Waals surface area (Å²) in [6.07, 6.45) is 23.2. The lowest BCUT2D eigenvalue weighted by atomic mass is 9.71. The molecule has 0 saturated heterocycles. The van der Waals surface area contributed by atoms with Gasteiger partial charge < -0.3 is 4.74 Å². The third-order valence-corrected chi connectivity index (χ3v) is 10.7. The van der Waals surface area contributed by atoms with E-state index in [9.17, 15) is 0 Å². The highest BCUT2D eigenvalue weighted by atomic mass is 16.5. The Balaban J connectivity index is 2.24. The molecular weight excluding hydrogens is 498 g/mol. The zero-order valence-electron chi connectivity index (χ0n) is 28.4. The van der Waals surface area contributed by atoms with Crippen LogP contribution in [0.4, 0.5) is 0 Å². The average Bonchev–Trinajstić information content (AvgIpc) is 3.23. The van der Waals surface area contributed by atoms with Gasteiger partial charge in [-0.05, 0) is 82.1 Å². The van der Waals surface area contributed by atoms with Crippen LogP contribution in [0.25, 0.3) is 0 Å². The SMILES string of the molecule is C=C/C=C\C1CC(/C(C)=C/C[C@@H](C(=C)C(C)C(CC)CCCC)[C@@H](C)CC2OC(CCCC)=C(C)[C@@H]2C)C=N[C@H]1C. The first-order chi connectivity index (χ1) is 19.6. The molecule has 0 aromatic carbocycles. The Kier molecular flexibility index (Phi) is 15.5. The van der Waals surface area contributed by atoms with Gasteiger partial charge in [-0.1, -0.05) is 116 Å². The number of hydrogen-bond acceptors (Lipinski definition) is 2. The fourth-order valence-electron chi connectivity index (χ4n) is 7.08. The van der Waals surface area contributed by atoms with E-state index in [1.807, 2.05) is 6.08 Å². The van der Waals surface area contributed by atoms with Gasteiger partial charge in [0.05, 0.1) is 11.8 Å². The Morgan fingerprint density at radius 3 is 2.49 bits per heavy atom. The predicted molar refractivity (Wildman–Crippen MR) is 182 cm³/mol. The van der Waals surface area contributed by atoms with Crippen LogP contribution >= 0.6 is 0 Å². The molecule has 0 aliphatic carbocycles. The van der Waals surface area contributed by atoms with Gasteiger partial charge in [0.2, 0.25) is 0 Å². The van der Waals surface area contributed by atoms with E-state index in [0.717, 1.165) is 31.6 Å². The normalized spacial score (nSPS) is 28.0. The van der Waals surface area contributed by atoms with Crippen molar-refractivity contribution in [3.05, 3.63) is 59.9 Å². The van der Waals surface area contributed by atoms with Gasteiger partial charge in [0.15, 0.2) is 0 Å². The van der Waals surface area contributed by atoms with Gasteiger partial charge in [0.1, 0.15) is 6.10 Å². The second kappa shape index (κ2) is 18.0. The highest BCUT2D eigenvalue weighted by Gasteiger charge is 2.35. The molecule has 0 amide bonds. The van der Waals surface area contributed by atoms with Crippen molar-refractivity contribution >= 4 is 6.21 Å². The van der Waals surface area contributed by atoms with Crippen LogP contribution in [-0.2, 0) is 4.74 Å². The van der Waals surface area contributed by atoms with Gasteiger partial charge >= 0.3 is 0 Å². The van der Waals surface area contributed by atoms with Crippen LogP contribution in [0.2, 0.25) is 0 Å². The van der Waals surface area contributed by atoms with E-state index in [1.54, 1.807) is 0 Å². The number of nitrogens with zero attached hydrogens (tertiary/aromatic N) is 1. The van der Waals surface area contributed by atoms with Crippen molar-refractivity contribution in [2.75, 3.05) is 0 Å². The number of aliphatic imine (C=N–C) groups is 1. The number of hydrogen-bond donors (Lipinski definition) is 0. The second-order valence-corrected chi connectivity index (χ2v) is 13.5. The first kappa shape index (κ1) is 35.4. The number of unbranched alkanes of at least 4 members (excludes halogenated alkanes) is 2. The molecule has 0 bridgehead atoms. The summed E-state index contributed by atoms with van der Waals surface area (Å²) >= 11 is 0. The molecule has 0 saturated carbocycles. The summed E-state index contributed by atoms with van der Waals surface area (Å²) in [5.74, 6) is 4.89. The molecule has 2 rings (SSSR count). The summed E-state index contributed by atoms with van der Waals surface area (Å²) in [4.78, 5) is 4.88. The lowest BCUT2D eigenvalue weighted by Gasteiger charge is -2.35. The quantitative estimate of drug-likeness (QED) is 0.120. The number of rotatable bonds is 18. The van der Waals surface area contributed by atoms with Crippen molar-refractivity contribution in [1.82, 2.24) is 0 Å². The van der Waals surface area contributed by atoms with E-state index in [4.69, 9.17) is 16.3 Å². The first-order valence-electron chi connectivity index (χ1n) is 17.1. The molecule has 0 fully saturated rings. The highest BCUT2D eigenvalue weighted by molar-refractivity contribution is 5.66. The molecule has 0 aromatic heterocycles. The Morgan fingerprint density at radius 2 is 1.85 bits per heavy atom. The van der Waals surface area contributed by atoms with Crippen LogP contribution in [-0.4, -0.2) is 18.4 Å². The van der Waals surface area contributed by atoms with Crippen LogP contribution in [0.5, 0.6) is 0 Å². The second-order valence-electron chi connectivity index (χ2n) is 13.5. The van der Waals surface area contributed by atoms with E-state index < -0.39 is 0 Å². The summed E-state index contributed by atoms with van der Waals surface area (Å²) in [5.41, 5.74) is 4.40. The maximum atomic E-state index is 6.65. The lowest BCUT2D eigenvalue weighted by molar-refractivity contribution is 0.0809. The molecule has 2 nitrogen and oxygen atoms in total. The van der Waals surface area contributed by atoms with Crippen LogP contribution < -0.4 is 0 Å². The Morgan fingerprint density at radius 1 is 1.15 bits per heavy atom. The topological polar surface area (TPSA) is 21.6 Å². The van der Waals surface area contributed by atoms with E-state index in [2.05, 4.69) is 93.3 Å². The zero-order chi connectivity index (χ0) is 30.5. The molecule has 0 N–H and O–H groups in total. The van der Waals surface area contributed by atoms with Crippen LogP contribution in [0.1, 0.15) is 127 Å². The lowest BCUT2D eigenvalue weighted by Crippen LogP contribution is -2.27. The molecule has 232 valence electrons. The molecular formula is C39H65NO. The third kappa shape index (κ3) is 10.1. The van der Waals surface area contributed by atoms with Crippen molar-refractivity contribution in [3.8, 4) is 0 Å². The molecule has 2 aliphatic rings. The van der Waals surface area contributed by atoms with Crippen LogP contribution in [0, 0.1) is 41.4 Å². The number of allylic oxidation sites excluding steroid dienone is 6. The molecule has 0 spiro atoms. The molecule has 2 heteroatoms. The molecule has 5 unspecified atom stereocenters. The summed E-state index contributed by atoms with van der Waals surface area (Å²) < 4.78 is 6.65. The minimum absolute atomic E-state index is 0.291. The molecule has 2 aliphatic heterocycles. The van der Waals surface area contributed by atoms with Crippen LogP contribution in [0.15, 0.2) is 64.9 Å². The van der Waals surface area contributed by atoms with Gasteiger partial charge in [-0.3, -0.25) is 4.99 Å². The van der Waals surface area contributed by atoms with Gasteiger partial charge in [0.25, 0.3) is 0 Å². The van der Waals surface area contributed by atoms with Gasteiger partial charge in [-0.2, -0.15) is 0 Å². The van der Waals surface area contributed by atoms with E-state index >= 15 is 0 Å². The fraction of sp³-hybridized carbons (Fsp3) is 0.718. The minimum Gasteiger partial charge on any atom is -0.494 e. The summed E-state index contributed by atoms with van der Waals surface area (Å²) in [7, 11) is 0. The van der Waals surface area contributed by atoms with Crippen molar-refractivity contribution in [2.24, 2.45) is 46.4 Å². The van der Waals surface area contributed by atoms with E-state index in [1.165, 1.54) is 61.0 Å². The van der Waals surface area contributed by atoms with Crippen LogP contribution in [0.3, 0.4) is 0 Å². The molecule has 41 heavy (non-hydrogen) atoms. The predicted octanol–water partition coefficient (Wildman–Crippen LogP) is 11.7. The maximum Gasteiger partial charge on any atom is 0.105 e. The molecule has 2 heterocycles. The van der Waals surface area contributed by atoms with E-state index in [-0.39, 0.29) is 0 Å². The monoisotopic (exact) mass is 564 g/mol. The average molecular weight is 564 g/mol. The zero-order valence-corrected chi connectivity index (χ0v) is 28.4. The Bertz CT molecular complexity index is 935. The Hall–Kier alpha value is -1.83. The van der Waals surface area contributed by atoms with Crippen molar-refractivity contribution in [3.63, 3.8) is 0 Å². The summed E-state index contributed by atoms with van der Waals surface area (Å²) in [6.45, 7) is 29.8. The molecule has 9 atom stereocenters. The van der Waals surface area contributed by atoms with Gasteiger partial charge in [0, 0.05) is 30.4 Å². The third-order valence-electron chi connectivity index (χ3n) is 10.7. The van der Waals surface area contributed by atoms with Gasteiger partial charge in [-0.15, -0.1) is 0 Å². The molecule has 0 aromatic rings. The fourth-order valence-corrected chi connectivity index (χ4v) is 7.08. The van der Waals surface area contributed by atoms with Crippen molar-refractivity contribution in [1.29, 1.82) is 0 Å². The Labute approximate surface area is 255 Å². The smallest absolute Gasteiger partial charge is 0.105 e. The highest BCUT2D eigenvalue weighted by Crippen LogP contribution is 2.42. The van der Waals surface area contributed by atoms with Gasteiger partial charge in [-0.25, -0.2) is 0 Å². The summed E-state index contributed by atoms with van der Waals surface area (Å²) in [5, 5.41) is 0. The first-order valence-corrected chi connectivity index (χ1v) is 17.1. The van der Waals surface area contributed by atoms with Crippen molar-refractivity contribution < 1.29 is 4.74 Å².